The number of carbonyl (C=O) groups excluding carboxylic acids is 1. The monoisotopic (exact) mass is 262 g/mol. The Balaban J connectivity index is 0.00000225. The first-order chi connectivity index (χ1) is 7.09. The molecule has 1 amide bonds. The molecule has 0 aromatic heterocycles. The summed E-state index contributed by atoms with van der Waals surface area (Å²) in [6, 6.07) is 6.92. The fourth-order valence-corrected chi connectivity index (χ4v) is 1.32. The fraction of sp³-hybridized carbons (Fsp3) is 0.364. The average Bonchev–Trinajstić information content (AvgIpc) is 2.17. The third-order valence-electron chi connectivity index (χ3n) is 1.93. The lowest BCUT2D eigenvalue weighted by Gasteiger charge is -2.10. The van der Waals surface area contributed by atoms with Gasteiger partial charge < -0.3 is 10.2 Å². The van der Waals surface area contributed by atoms with Crippen LogP contribution in [0.4, 0.5) is 0 Å². The average molecular weight is 263 g/mol. The molecule has 0 spiro atoms. The first kappa shape index (κ1) is 15.2. The van der Waals surface area contributed by atoms with Crippen LogP contribution in [0.1, 0.15) is 10.4 Å². The van der Waals surface area contributed by atoms with E-state index in [1.807, 2.05) is 19.0 Å². The van der Waals surface area contributed by atoms with Gasteiger partial charge in [0.25, 0.3) is 5.91 Å². The van der Waals surface area contributed by atoms with Crippen LogP contribution < -0.4 is 5.32 Å². The summed E-state index contributed by atoms with van der Waals surface area (Å²) in [7, 11) is 3.93. The molecule has 16 heavy (non-hydrogen) atoms. The second-order valence-corrected chi connectivity index (χ2v) is 4.01. The number of hydrogen-bond acceptors (Lipinski definition) is 2. The van der Waals surface area contributed by atoms with E-state index in [4.69, 9.17) is 11.6 Å². The Kier molecular flexibility index (Phi) is 7.13. The minimum Gasteiger partial charge on any atom is -0.351 e. The minimum absolute atomic E-state index is 0. The third-order valence-corrected chi connectivity index (χ3v) is 2.17. The van der Waals surface area contributed by atoms with E-state index >= 15 is 0 Å². The molecule has 5 heteroatoms. The lowest BCUT2D eigenvalue weighted by molar-refractivity contribution is 0.0951. The number of benzene rings is 1. The van der Waals surface area contributed by atoms with Crippen molar-refractivity contribution in [3.05, 3.63) is 34.9 Å². The molecule has 0 aliphatic heterocycles. The van der Waals surface area contributed by atoms with Crippen LogP contribution in [0.15, 0.2) is 24.3 Å². The number of halogens is 2. The Morgan fingerprint density at radius 2 is 2.12 bits per heavy atom. The summed E-state index contributed by atoms with van der Waals surface area (Å²) in [6.45, 7) is 1.46. The topological polar surface area (TPSA) is 32.3 Å². The second kappa shape index (κ2) is 7.49. The van der Waals surface area contributed by atoms with Crippen molar-refractivity contribution in [3.8, 4) is 0 Å². The standard InChI is InChI=1S/C11H15ClN2O.ClH/c1-14(2)7-6-13-11(15)9-4-3-5-10(12)8-9;/h3-5,8H,6-7H2,1-2H3,(H,13,15);1H. The first-order valence-electron chi connectivity index (χ1n) is 4.78. The van der Waals surface area contributed by atoms with E-state index in [1.165, 1.54) is 0 Å². The summed E-state index contributed by atoms with van der Waals surface area (Å²) in [5.41, 5.74) is 0.598. The predicted molar refractivity (Wildman–Crippen MR) is 69.6 cm³/mol. The van der Waals surface area contributed by atoms with Crippen molar-refractivity contribution in [1.82, 2.24) is 10.2 Å². The van der Waals surface area contributed by atoms with E-state index in [1.54, 1.807) is 24.3 Å². The minimum atomic E-state index is -0.0839. The number of hydrogen-bond donors (Lipinski definition) is 1. The summed E-state index contributed by atoms with van der Waals surface area (Å²) < 4.78 is 0. The number of nitrogens with one attached hydrogen (secondary N) is 1. The Hall–Kier alpha value is -0.770. The molecular formula is C11H16Cl2N2O. The Labute approximate surface area is 107 Å². The van der Waals surface area contributed by atoms with E-state index in [2.05, 4.69) is 5.32 Å². The van der Waals surface area contributed by atoms with Gasteiger partial charge in [-0.05, 0) is 32.3 Å². The summed E-state index contributed by atoms with van der Waals surface area (Å²) in [5.74, 6) is -0.0839. The molecular weight excluding hydrogens is 247 g/mol. The van der Waals surface area contributed by atoms with Crippen molar-refractivity contribution in [1.29, 1.82) is 0 Å². The molecule has 0 fully saturated rings. The van der Waals surface area contributed by atoms with Gasteiger partial charge in [-0.2, -0.15) is 0 Å². The summed E-state index contributed by atoms with van der Waals surface area (Å²) in [4.78, 5) is 13.6. The van der Waals surface area contributed by atoms with Crippen LogP contribution in [-0.2, 0) is 0 Å². The van der Waals surface area contributed by atoms with Crippen LogP contribution in [0, 0.1) is 0 Å². The van der Waals surface area contributed by atoms with Crippen LogP contribution in [0.25, 0.3) is 0 Å². The van der Waals surface area contributed by atoms with Gasteiger partial charge in [-0.25, -0.2) is 0 Å². The van der Waals surface area contributed by atoms with Gasteiger partial charge in [0.2, 0.25) is 0 Å². The van der Waals surface area contributed by atoms with Crippen LogP contribution >= 0.6 is 24.0 Å². The number of nitrogens with zero attached hydrogens (tertiary/aromatic N) is 1. The highest BCUT2D eigenvalue weighted by Crippen LogP contribution is 2.10. The number of likely N-dealkylation sites (N-methyl/N-ethyl adjacent to an activating group) is 1. The van der Waals surface area contributed by atoms with Gasteiger partial charge in [0.05, 0.1) is 0 Å². The molecule has 0 unspecified atom stereocenters. The van der Waals surface area contributed by atoms with Crippen LogP contribution in [0.3, 0.4) is 0 Å². The smallest absolute Gasteiger partial charge is 0.251 e. The molecule has 0 aliphatic rings. The molecule has 0 saturated heterocycles. The number of amides is 1. The maximum Gasteiger partial charge on any atom is 0.251 e. The summed E-state index contributed by atoms with van der Waals surface area (Å²) in [5, 5.41) is 3.40. The molecule has 90 valence electrons. The summed E-state index contributed by atoms with van der Waals surface area (Å²) >= 11 is 5.79. The predicted octanol–water partition coefficient (Wildman–Crippen LogP) is 2.05. The van der Waals surface area contributed by atoms with Gasteiger partial charge in [-0.1, -0.05) is 17.7 Å². The van der Waals surface area contributed by atoms with Gasteiger partial charge in [-0.15, -0.1) is 12.4 Å². The molecule has 0 saturated carbocycles. The lowest BCUT2D eigenvalue weighted by Crippen LogP contribution is -2.31. The highest BCUT2D eigenvalue weighted by atomic mass is 35.5. The Bertz CT molecular complexity index is 343. The van der Waals surface area contributed by atoms with Crippen molar-refractivity contribution in [3.63, 3.8) is 0 Å². The third kappa shape index (κ3) is 5.35. The van der Waals surface area contributed by atoms with Gasteiger partial charge in [0.1, 0.15) is 0 Å². The van der Waals surface area contributed by atoms with Crippen molar-refractivity contribution in [2.24, 2.45) is 0 Å². The molecule has 0 atom stereocenters. The molecule has 1 N–H and O–H groups in total. The highest BCUT2D eigenvalue weighted by Gasteiger charge is 2.04. The molecule has 0 heterocycles. The van der Waals surface area contributed by atoms with Gasteiger partial charge in [0.15, 0.2) is 0 Å². The first-order valence-corrected chi connectivity index (χ1v) is 5.16. The Morgan fingerprint density at radius 1 is 1.44 bits per heavy atom. The maximum absolute atomic E-state index is 11.6. The van der Waals surface area contributed by atoms with Crippen molar-refractivity contribution >= 4 is 29.9 Å². The van der Waals surface area contributed by atoms with Crippen LogP contribution in [-0.4, -0.2) is 38.0 Å². The van der Waals surface area contributed by atoms with Crippen LogP contribution in [0.2, 0.25) is 5.02 Å². The Morgan fingerprint density at radius 3 is 2.69 bits per heavy atom. The van der Waals surface area contributed by atoms with Crippen molar-refractivity contribution < 1.29 is 4.79 Å². The van der Waals surface area contributed by atoms with E-state index in [0.717, 1.165) is 6.54 Å². The molecule has 3 nitrogen and oxygen atoms in total. The summed E-state index contributed by atoms with van der Waals surface area (Å²) in [6.07, 6.45) is 0. The van der Waals surface area contributed by atoms with Gasteiger partial charge >= 0.3 is 0 Å². The largest absolute Gasteiger partial charge is 0.351 e. The van der Waals surface area contributed by atoms with Gasteiger partial charge in [0, 0.05) is 23.7 Å². The lowest BCUT2D eigenvalue weighted by atomic mass is 10.2. The maximum atomic E-state index is 11.6. The molecule has 1 aromatic carbocycles. The second-order valence-electron chi connectivity index (χ2n) is 3.57. The zero-order chi connectivity index (χ0) is 11.3. The molecule has 0 bridgehead atoms. The van der Waals surface area contributed by atoms with E-state index in [-0.39, 0.29) is 18.3 Å². The normalized spacial score (nSPS) is 9.75. The molecule has 0 radical (unpaired) electrons. The molecule has 1 rings (SSSR count). The molecule has 0 aliphatic carbocycles. The number of rotatable bonds is 4. The quantitative estimate of drug-likeness (QED) is 0.901. The zero-order valence-corrected chi connectivity index (χ0v) is 10.9. The zero-order valence-electron chi connectivity index (χ0n) is 9.37. The SMILES string of the molecule is CN(C)CCNC(=O)c1cccc(Cl)c1.Cl. The molecule has 1 aromatic rings. The highest BCUT2D eigenvalue weighted by molar-refractivity contribution is 6.30. The van der Waals surface area contributed by atoms with E-state index in [0.29, 0.717) is 17.1 Å². The fourth-order valence-electron chi connectivity index (χ4n) is 1.12. The van der Waals surface area contributed by atoms with Crippen molar-refractivity contribution in [2.45, 2.75) is 0 Å². The van der Waals surface area contributed by atoms with Crippen LogP contribution in [0.5, 0.6) is 0 Å². The van der Waals surface area contributed by atoms with Gasteiger partial charge in [-0.3, -0.25) is 4.79 Å². The van der Waals surface area contributed by atoms with E-state index < -0.39 is 0 Å². The van der Waals surface area contributed by atoms with E-state index in [9.17, 15) is 4.79 Å². The van der Waals surface area contributed by atoms with Crippen molar-refractivity contribution in [2.75, 3.05) is 27.2 Å². The number of carbonyl (C=O) groups is 1.